The van der Waals surface area contributed by atoms with Gasteiger partial charge >= 0.3 is 0 Å². The molecule has 70 heavy (non-hydrogen) atoms. The number of carbonyl (C=O) groups is 2. The van der Waals surface area contributed by atoms with Gasteiger partial charge in [-0.3, -0.25) is 14.5 Å². The SMILES string of the molecule is C[C@@H](Oc1nc(-c2ccc(N3CCN(C4COC4)CC3)cc2)cc2ncn(C3CC3)c12)[C@H]1CNC(=O)C1.C[C@@H](Oc1nc(-c2ccc(N3CCNCC3)cc2)cc2ncn(C3CC3)c12)[C@H]1CNC(=O)C1. The van der Waals surface area contributed by atoms with Crippen LogP contribution in [-0.2, 0) is 14.3 Å². The van der Waals surface area contributed by atoms with Gasteiger partial charge in [-0.25, -0.2) is 19.9 Å². The zero-order valence-corrected chi connectivity index (χ0v) is 40.3. The van der Waals surface area contributed by atoms with E-state index in [9.17, 15) is 9.59 Å². The van der Waals surface area contributed by atoms with Gasteiger partial charge in [-0.15, -0.1) is 0 Å². The molecule has 7 fully saturated rings. The number of imidazole rings is 2. The standard InChI is InChI=1S/C28H34N6O3.C25H30N6O2/c1-18(20-12-26(35)29-14-20)37-28-27-25(30-17-34(27)22-6-7-22)13-24(31-28)19-2-4-21(5-3-19)32-8-10-33(11-9-32)23-15-36-16-23;1-16(18-12-23(32)27-14-18)33-25-24-22(28-15-31(24)20-6-7-20)13-21(29-25)17-2-4-19(5-3-17)30-10-8-26-9-11-30/h2-5,13,17-18,20,22-23H,6-12,14-16H2,1H3,(H,29,35);2-5,13,15-16,18,20,26H,6-12,14H2,1H3,(H,27,32)/t18-,20-;16-,18-/m11/s1. The quantitative estimate of drug-likeness (QED) is 0.131. The van der Waals surface area contributed by atoms with Crippen LogP contribution >= 0.6 is 0 Å². The Morgan fingerprint density at radius 1 is 0.600 bits per heavy atom. The molecule has 3 N–H and O–H groups in total. The van der Waals surface area contributed by atoms with Gasteiger partial charge in [0.1, 0.15) is 23.2 Å². The molecular weight excluding hydrogens is 885 g/mol. The highest BCUT2D eigenvalue weighted by Gasteiger charge is 2.34. The number of pyridine rings is 2. The molecule has 9 heterocycles. The van der Waals surface area contributed by atoms with Gasteiger partial charge in [-0.05, 0) is 75.9 Å². The molecule has 4 aromatic heterocycles. The molecule has 0 unspecified atom stereocenters. The van der Waals surface area contributed by atoms with E-state index in [0.29, 0.717) is 55.8 Å². The number of carbonyl (C=O) groups excluding carboxylic acids is 2. The van der Waals surface area contributed by atoms with Gasteiger partial charge in [0.2, 0.25) is 23.6 Å². The van der Waals surface area contributed by atoms with Crippen molar-refractivity contribution in [1.29, 1.82) is 0 Å². The number of benzene rings is 2. The zero-order valence-electron chi connectivity index (χ0n) is 40.3. The van der Waals surface area contributed by atoms with Crippen molar-refractivity contribution in [3.8, 4) is 34.3 Å². The second-order valence-electron chi connectivity index (χ2n) is 20.4. The van der Waals surface area contributed by atoms with Crippen molar-refractivity contribution in [2.45, 2.75) is 82.7 Å². The summed E-state index contributed by atoms with van der Waals surface area (Å²) >= 11 is 0. The summed E-state index contributed by atoms with van der Waals surface area (Å²) in [6.07, 6.45) is 9.24. The number of piperazine rings is 2. The van der Waals surface area contributed by atoms with Crippen molar-refractivity contribution < 1.29 is 23.8 Å². The van der Waals surface area contributed by atoms with E-state index in [-0.39, 0.29) is 35.9 Å². The summed E-state index contributed by atoms with van der Waals surface area (Å²) in [6.45, 7) is 15.4. The number of aromatic nitrogens is 6. The van der Waals surface area contributed by atoms with Crippen molar-refractivity contribution in [2.75, 3.05) is 88.5 Å². The molecule has 13 rings (SSSR count). The molecule has 0 bridgehead atoms. The lowest BCUT2D eigenvalue weighted by Gasteiger charge is -2.43. The van der Waals surface area contributed by atoms with Gasteiger partial charge in [0, 0.05) is 125 Å². The van der Waals surface area contributed by atoms with Gasteiger partial charge in [0.25, 0.3) is 0 Å². The van der Waals surface area contributed by atoms with Crippen LogP contribution in [0.25, 0.3) is 44.6 Å². The number of rotatable bonds is 13. The highest BCUT2D eigenvalue weighted by atomic mass is 16.5. The number of hydrogen-bond acceptors (Lipinski definition) is 13. The number of anilines is 2. The number of ether oxygens (including phenoxy) is 3. The minimum absolute atomic E-state index is 0.0916. The molecule has 5 saturated heterocycles. The van der Waals surface area contributed by atoms with E-state index < -0.39 is 0 Å². The lowest BCUT2D eigenvalue weighted by atomic mass is 10.0. The largest absolute Gasteiger partial charge is 0.473 e. The number of amides is 2. The molecule has 6 aromatic rings. The Balaban J connectivity index is 0.000000145. The third-order valence-corrected chi connectivity index (χ3v) is 15.5. The minimum Gasteiger partial charge on any atom is -0.473 e. The molecule has 4 atom stereocenters. The first kappa shape index (κ1) is 44.9. The molecule has 5 aliphatic heterocycles. The van der Waals surface area contributed by atoms with E-state index in [4.69, 9.17) is 34.1 Å². The van der Waals surface area contributed by atoms with Gasteiger partial charge in [-0.2, -0.15) is 0 Å². The second-order valence-corrected chi connectivity index (χ2v) is 20.4. The number of nitrogens with zero attached hydrogens (tertiary/aromatic N) is 9. The fraction of sp³-hybridized carbons (Fsp3) is 0.509. The molecule has 366 valence electrons. The van der Waals surface area contributed by atoms with E-state index in [2.05, 4.69) is 100 Å². The minimum atomic E-state index is -0.125. The Kier molecular flexibility index (Phi) is 12.3. The molecular formula is C53H64N12O5. The van der Waals surface area contributed by atoms with Crippen molar-refractivity contribution in [1.82, 2.24) is 49.9 Å². The molecule has 0 spiro atoms. The Morgan fingerprint density at radius 3 is 1.46 bits per heavy atom. The fourth-order valence-corrected chi connectivity index (χ4v) is 10.6. The lowest BCUT2D eigenvalue weighted by Crippen LogP contribution is -2.56. The monoisotopic (exact) mass is 949 g/mol. The zero-order chi connectivity index (χ0) is 47.3. The highest BCUT2D eigenvalue weighted by molar-refractivity contribution is 5.86. The van der Waals surface area contributed by atoms with E-state index in [1.807, 2.05) is 26.5 Å². The van der Waals surface area contributed by atoms with E-state index in [0.717, 1.165) is 136 Å². The summed E-state index contributed by atoms with van der Waals surface area (Å²) in [6, 6.07) is 23.0. The summed E-state index contributed by atoms with van der Waals surface area (Å²) in [5.74, 6) is 1.70. The number of fused-ring (bicyclic) bond motifs is 2. The molecule has 17 nitrogen and oxygen atoms in total. The Morgan fingerprint density at radius 2 is 1.06 bits per heavy atom. The van der Waals surface area contributed by atoms with E-state index in [1.165, 1.54) is 11.4 Å². The van der Waals surface area contributed by atoms with Crippen LogP contribution in [0.4, 0.5) is 11.4 Å². The van der Waals surface area contributed by atoms with E-state index >= 15 is 0 Å². The van der Waals surface area contributed by atoms with Crippen LogP contribution < -0.4 is 35.2 Å². The van der Waals surface area contributed by atoms with E-state index in [1.54, 1.807) is 0 Å². The third-order valence-electron chi connectivity index (χ3n) is 15.5. The molecule has 7 aliphatic rings. The average Bonchev–Trinajstić information content (AvgIpc) is 4.20. The summed E-state index contributed by atoms with van der Waals surface area (Å²) in [5.41, 5.74) is 10.0. The first-order valence-electron chi connectivity index (χ1n) is 25.6. The molecule has 17 heteroatoms. The van der Waals surface area contributed by atoms with Crippen LogP contribution in [0.5, 0.6) is 11.8 Å². The summed E-state index contributed by atoms with van der Waals surface area (Å²) in [4.78, 5) is 50.3. The number of nitrogens with one attached hydrogen (secondary N) is 3. The average molecular weight is 949 g/mol. The predicted molar refractivity (Wildman–Crippen MR) is 268 cm³/mol. The maximum absolute atomic E-state index is 11.8. The van der Waals surface area contributed by atoms with Crippen LogP contribution in [0, 0.1) is 11.8 Å². The Hall–Kier alpha value is -6.30. The third kappa shape index (κ3) is 9.38. The Bertz CT molecular complexity index is 2840. The van der Waals surface area contributed by atoms with Crippen LogP contribution in [0.3, 0.4) is 0 Å². The highest BCUT2D eigenvalue weighted by Crippen LogP contribution is 2.42. The van der Waals surface area contributed by atoms with Crippen LogP contribution in [0.15, 0.2) is 73.3 Å². The normalized spacial score (nSPS) is 22.9. The topological polar surface area (TPSA) is 169 Å². The van der Waals surface area contributed by atoms with Gasteiger partial charge in [0.05, 0.1) is 54.3 Å². The fourth-order valence-electron chi connectivity index (χ4n) is 10.6. The van der Waals surface area contributed by atoms with Crippen molar-refractivity contribution in [3.05, 3.63) is 73.3 Å². The molecule has 2 aromatic carbocycles. The number of hydrogen-bond donors (Lipinski definition) is 3. The maximum atomic E-state index is 11.8. The second kappa shape index (κ2) is 19.1. The molecule has 0 radical (unpaired) electrons. The molecule has 2 aliphatic carbocycles. The van der Waals surface area contributed by atoms with Gasteiger partial charge in [-0.1, -0.05) is 24.3 Å². The molecule has 2 saturated carbocycles. The van der Waals surface area contributed by atoms with Gasteiger partial charge in [0.15, 0.2) is 0 Å². The maximum Gasteiger partial charge on any atom is 0.241 e. The summed E-state index contributed by atoms with van der Waals surface area (Å²) < 4.78 is 22.7. The van der Waals surface area contributed by atoms with Crippen molar-refractivity contribution >= 4 is 45.3 Å². The van der Waals surface area contributed by atoms with Crippen LogP contribution in [0.1, 0.15) is 64.5 Å². The first-order chi connectivity index (χ1) is 34.3. The predicted octanol–water partition coefficient (Wildman–Crippen LogP) is 5.60. The van der Waals surface area contributed by atoms with Crippen LogP contribution in [0.2, 0.25) is 0 Å². The summed E-state index contributed by atoms with van der Waals surface area (Å²) in [5, 5.41) is 9.24. The smallest absolute Gasteiger partial charge is 0.241 e. The van der Waals surface area contributed by atoms with Gasteiger partial charge < -0.3 is 49.1 Å². The lowest BCUT2D eigenvalue weighted by molar-refractivity contribution is -0.120. The van der Waals surface area contributed by atoms with Crippen molar-refractivity contribution in [3.63, 3.8) is 0 Å². The van der Waals surface area contributed by atoms with Crippen LogP contribution in [-0.4, -0.2) is 143 Å². The molecule has 2 amide bonds. The Labute approximate surface area is 408 Å². The summed E-state index contributed by atoms with van der Waals surface area (Å²) in [7, 11) is 0. The first-order valence-corrected chi connectivity index (χ1v) is 25.6. The van der Waals surface area contributed by atoms with Crippen molar-refractivity contribution in [2.24, 2.45) is 11.8 Å².